The third kappa shape index (κ3) is 2.15. The van der Waals surface area contributed by atoms with Crippen LogP contribution in [0.5, 0.6) is 0 Å². The third-order valence-electron chi connectivity index (χ3n) is 2.72. The van der Waals surface area contributed by atoms with E-state index in [1.807, 2.05) is 0 Å². The molecule has 15 heavy (non-hydrogen) atoms. The molecule has 1 fully saturated rings. The molecule has 1 aliphatic heterocycles. The van der Waals surface area contributed by atoms with E-state index in [2.05, 4.69) is 5.32 Å². The van der Waals surface area contributed by atoms with Gasteiger partial charge in [-0.2, -0.15) is 0 Å². The summed E-state index contributed by atoms with van der Waals surface area (Å²) in [5.41, 5.74) is 0.346. The first-order chi connectivity index (χ1) is 7.18. The molecule has 1 heterocycles. The van der Waals surface area contributed by atoms with Gasteiger partial charge in [-0.1, -0.05) is 6.07 Å². The van der Waals surface area contributed by atoms with Gasteiger partial charge >= 0.3 is 0 Å². The van der Waals surface area contributed by atoms with E-state index >= 15 is 0 Å². The largest absolute Gasteiger partial charge is 0.310 e. The highest BCUT2D eigenvalue weighted by Gasteiger charge is 2.23. The Morgan fingerprint density at radius 1 is 1.33 bits per heavy atom. The Bertz CT molecular complexity index is 346. The first kappa shape index (κ1) is 10.5. The Kier molecular flexibility index (Phi) is 2.95. The summed E-state index contributed by atoms with van der Waals surface area (Å²) in [7, 11) is 0. The third-order valence-corrected chi connectivity index (χ3v) is 2.72. The predicted octanol–water partition coefficient (Wildman–Crippen LogP) is 3.19. The minimum absolute atomic E-state index is 0.0594. The highest BCUT2D eigenvalue weighted by Crippen LogP contribution is 2.32. The smallest absolute Gasteiger partial charge is 0.264 e. The maximum absolute atomic E-state index is 13.0. The molecule has 1 N–H and O–H groups in total. The topological polar surface area (TPSA) is 12.0 Å². The minimum Gasteiger partial charge on any atom is -0.310 e. The van der Waals surface area contributed by atoms with Gasteiger partial charge in [0.1, 0.15) is 5.82 Å². The average Bonchev–Trinajstić information content (AvgIpc) is 2.69. The number of rotatable bonds is 2. The van der Waals surface area contributed by atoms with Crippen LogP contribution in [0.1, 0.15) is 36.4 Å². The summed E-state index contributed by atoms with van der Waals surface area (Å²) in [6.45, 7) is 0.809. The fraction of sp³-hybridized carbons (Fsp3) is 0.455. The Morgan fingerprint density at radius 2 is 2.13 bits per heavy atom. The van der Waals surface area contributed by atoms with Gasteiger partial charge in [-0.05, 0) is 37.1 Å². The molecule has 1 unspecified atom stereocenters. The summed E-state index contributed by atoms with van der Waals surface area (Å²) in [5, 5.41) is 3.10. The second-order valence-corrected chi connectivity index (χ2v) is 3.72. The molecule has 82 valence electrons. The van der Waals surface area contributed by atoms with E-state index in [-0.39, 0.29) is 11.6 Å². The van der Waals surface area contributed by atoms with Crippen LogP contribution in [0.2, 0.25) is 0 Å². The lowest BCUT2D eigenvalue weighted by atomic mass is 9.99. The standard InChI is InChI=1S/C11H12F3N/c12-7-3-4-8(11(13)14)9(6-7)10-2-1-5-15-10/h3-4,6,10-11,15H,1-2,5H2. The zero-order valence-corrected chi connectivity index (χ0v) is 8.14. The van der Waals surface area contributed by atoms with Gasteiger partial charge in [0.15, 0.2) is 0 Å². The lowest BCUT2D eigenvalue weighted by Gasteiger charge is -2.15. The normalized spacial score (nSPS) is 21.2. The van der Waals surface area contributed by atoms with Crippen molar-refractivity contribution in [3.8, 4) is 0 Å². The van der Waals surface area contributed by atoms with Crippen molar-refractivity contribution in [1.82, 2.24) is 5.32 Å². The molecule has 0 aromatic heterocycles. The second-order valence-electron chi connectivity index (χ2n) is 3.72. The van der Waals surface area contributed by atoms with Gasteiger partial charge in [0.05, 0.1) is 0 Å². The van der Waals surface area contributed by atoms with Crippen molar-refractivity contribution in [1.29, 1.82) is 0 Å². The molecule has 0 bridgehead atoms. The molecule has 0 saturated carbocycles. The lowest BCUT2D eigenvalue weighted by molar-refractivity contribution is 0.149. The van der Waals surface area contributed by atoms with E-state index in [0.29, 0.717) is 5.56 Å². The quantitative estimate of drug-likeness (QED) is 0.798. The van der Waals surface area contributed by atoms with Crippen LogP contribution in [0.25, 0.3) is 0 Å². The Morgan fingerprint density at radius 3 is 2.73 bits per heavy atom. The van der Waals surface area contributed by atoms with Crippen LogP contribution in [0.15, 0.2) is 18.2 Å². The number of halogens is 3. The zero-order valence-electron chi connectivity index (χ0n) is 8.14. The van der Waals surface area contributed by atoms with Crippen LogP contribution in [0, 0.1) is 5.82 Å². The molecular weight excluding hydrogens is 203 g/mol. The van der Waals surface area contributed by atoms with Gasteiger partial charge in [-0.15, -0.1) is 0 Å². The van der Waals surface area contributed by atoms with Crippen LogP contribution in [-0.2, 0) is 0 Å². The summed E-state index contributed by atoms with van der Waals surface area (Å²) in [5.74, 6) is -0.455. The number of benzene rings is 1. The number of nitrogens with one attached hydrogen (secondary N) is 1. The Balaban J connectivity index is 2.37. The Hall–Kier alpha value is -1.03. The van der Waals surface area contributed by atoms with Gasteiger partial charge < -0.3 is 5.32 Å². The first-order valence-corrected chi connectivity index (χ1v) is 4.99. The Labute approximate surface area is 86.3 Å². The van der Waals surface area contributed by atoms with E-state index in [9.17, 15) is 13.2 Å². The van der Waals surface area contributed by atoms with Crippen molar-refractivity contribution in [2.45, 2.75) is 25.3 Å². The number of hydrogen-bond acceptors (Lipinski definition) is 1. The van der Waals surface area contributed by atoms with Crippen molar-refractivity contribution in [2.75, 3.05) is 6.54 Å². The van der Waals surface area contributed by atoms with E-state index in [4.69, 9.17) is 0 Å². The van der Waals surface area contributed by atoms with Crippen molar-refractivity contribution in [3.63, 3.8) is 0 Å². The average molecular weight is 215 g/mol. The molecule has 2 rings (SSSR count). The molecule has 1 aromatic rings. The highest BCUT2D eigenvalue weighted by molar-refractivity contribution is 5.32. The lowest BCUT2D eigenvalue weighted by Crippen LogP contribution is -2.15. The monoisotopic (exact) mass is 215 g/mol. The fourth-order valence-corrected chi connectivity index (χ4v) is 2.00. The summed E-state index contributed by atoms with van der Waals surface area (Å²) in [6, 6.07) is 3.35. The second kappa shape index (κ2) is 4.23. The number of hydrogen-bond donors (Lipinski definition) is 1. The molecule has 0 amide bonds. The van der Waals surface area contributed by atoms with Crippen molar-refractivity contribution in [3.05, 3.63) is 35.1 Å². The van der Waals surface area contributed by atoms with Gasteiger partial charge in [0.25, 0.3) is 6.43 Å². The SMILES string of the molecule is Fc1ccc(C(F)F)c(C2CCCN2)c1. The molecule has 1 atom stereocenters. The molecule has 4 heteroatoms. The summed E-state index contributed by atoms with van der Waals surface area (Å²) in [4.78, 5) is 0. The van der Waals surface area contributed by atoms with E-state index in [1.54, 1.807) is 0 Å². The summed E-state index contributed by atoms with van der Waals surface area (Å²) < 4.78 is 38.3. The molecule has 1 aliphatic rings. The molecule has 0 spiro atoms. The number of alkyl halides is 2. The maximum atomic E-state index is 13.0. The van der Waals surface area contributed by atoms with E-state index < -0.39 is 12.2 Å². The van der Waals surface area contributed by atoms with E-state index in [0.717, 1.165) is 25.5 Å². The van der Waals surface area contributed by atoms with Gasteiger partial charge in [-0.25, -0.2) is 13.2 Å². The van der Waals surface area contributed by atoms with Crippen molar-refractivity contribution in [2.24, 2.45) is 0 Å². The molecule has 1 nitrogen and oxygen atoms in total. The molecule has 0 aliphatic carbocycles. The van der Waals surface area contributed by atoms with Crippen LogP contribution >= 0.6 is 0 Å². The van der Waals surface area contributed by atoms with Crippen LogP contribution in [0.3, 0.4) is 0 Å². The molecule has 1 aromatic carbocycles. The molecule has 1 saturated heterocycles. The highest BCUT2D eigenvalue weighted by atomic mass is 19.3. The van der Waals surface area contributed by atoms with Crippen LogP contribution < -0.4 is 5.32 Å². The fourth-order valence-electron chi connectivity index (χ4n) is 2.00. The zero-order chi connectivity index (χ0) is 10.8. The molecule has 0 radical (unpaired) electrons. The van der Waals surface area contributed by atoms with Gasteiger partial charge in [-0.3, -0.25) is 0 Å². The van der Waals surface area contributed by atoms with Gasteiger partial charge in [0.2, 0.25) is 0 Å². The van der Waals surface area contributed by atoms with E-state index in [1.165, 1.54) is 12.1 Å². The van der Waals surface area contributed by atoms with Crippen molar-refractivity contribution >= 4 is 0 Å². The molecular formula is C11H12F3N. The first-order valence-electron chi connectivity index (χ1n) is 4.99. The van der Waals surface area contributed by atoms with Gasteiger partial charge in [0, 0.05) is 11.6 Å². The van der Waals surface area contributed by atoms with Crippen LogP contribution in [0.4, 0.5) is 13.2 Å². The maximum Gasteiger partial charge on any atom is 0.264 e. The van der Waals surface area contributed by atoms with Crippen LogP contribution in [-0.4, -0.2) is 6.54 Å². The predicted molar refractivity (Wildman–Crippen MR) is 51.3 cm³/mol. The summed E-state index contributed by atoms with van der Waals surface area (Å²) in [6.07, 6.45) is -0.796. The van der Waals surface area contributed by atoms with Crippen molar-refractivity contribution < 1.29 is 13.2 Å². The summed E-state index contributed by atoms with van der Waals surface area (Å²) >= 11 is 0. The minimum atomic E-state index is -2.54.